The van der Waals surface area contributed by atoms with Gasteiger partial charge in [0.1, 0.15) is 11.5 Å². The molecule has 0 saturated carbocycles. The molecule has 0 spiro atoms. The van der Waals surface area contributed by atoms with E-state index in [9.17, 15) is 0 Å². The van der Waals surface area contributed by atoms with E-state index >= 15 is 0 Å². The maximum absolute atomic E-state index is 6.16. The quantitative estimate of drug-likeness (QED) is 0.941. The minimum Gasteiger partial charge on any atom is -0.460 e. The Morgan fingerprint density at radius 2 is 2.20 bits per heavy atom. The van der Waals surface area contributed by atoms with Gasteiger partial charge in [-0.3, -0.25) is 4.90 Å². The van der Waals surface area contributed by atoms with Crippen LogP contribution in [0.25, 0.3) is 11.3 Å². The van der Waals surface area contributed by atoms with Crippen molar-refractivity contribution in [3.8, 4) is 11.3 Å². The summed E-state index contributed by atoms with van der Waals surface area (Å²) in [5.41, 5.74) is 8.01. The monoisotopic (exact) mass is 290 g/mol. The average molecular weight is 291 g/mol. The maximum Gasteiger partial charge on any atom is 0.134 e. The topological polar surface area (TPSA) is 42.4 Å². The third kappa shape index (κ3) is 2.90. The van der Waals surface area contributed by atoms with Crippen molar-refractivity contribution in [3.05, 3.63) is 46.7 Å². The van der Waals surface area contributed by atoms with Crippen LogP contribution in [0.15, 0.2) is 34.7 Å². The third-order valence-electron chi connectivity index (χ3n) is 3.81. The zero-order valence-electron chi connectivity index (χ0n) is 11.6. The molecule has 20 heavy (non-hydrogen) atoms. The molecule has 1 fully saturated rings. The molecule has 1 aromatic heterocycles. The molecule has 2 heterocycles. The van der Waals surface area contributed by atoms with Gasteiger partial charge in [0.2, 0.25) is 0 Å². The van der Waals surface area contributed by atoms with Crippen molar-refractivity contribution in [3.63, 3.8) is 0 Å². The summed E-state index contributed by atoms with van der Waals surface area (Å²) in [6, 6.07) is 10.3. The van der Waals surface area contributed by atoms with Crippen LogP contribution in [0, 0.1) is 6.92 Å². The molecule has 3 rings (SSSR count). The highest BCUT2D eigenvalue weighted by atomic mass is 35.5. The van der Waals surface area contributed by atoms with E-state index in [0.29, 0.717) is 6.04 Å². The summed E-state index contributed by atoms with van der Waals surface area (Å²) in [4.78, 5) is 2.33. The fraction of sp³-hybridized carbons (Fsp3) is 0.375. The molecule has 0 unspecified atom stereocenters. The molecule has 1 atom stereocenters. The van der Waals surface area contributed by atoms with Gasteiger partial charge in [-0.1, -0.05) is 23.7 Å². The number of nitrogens with zero attached hydrogens (tertiary/aromatic N) is 1. The van der Waals surface area contributed by atoms with Crippen LogP contribution >= 0.6 is 11.6 Å². The van der Waals surface area contributed by atoms with Crippen molar-refractivity contribution in [2.24, 2.45) is 5.73 Å². The van der Waals surface area contributed by atoms with Gasteiger partial charge < -0.3 is 10.2 Å². The standard InChI is InChI=1S/C16H19ClN2O/c1-11-2-3-12(8-15(11)17)16-5-4-14(20-16)10-19-7-6-13(18)9-19/h2-5,8,13H,6-7,9-10,18H2,1H3/t13-/m0/s1. The Hall–Kier alpha value is -1.29. The zero-order chi connectivity index (χ0) is 14.1. The Morgan fingerprint density at radius 1 is 1.35 bits per heavy atom. The first kappa shape index (κ1) is 13.7. The number of nitrogens with two attached hydrogens (primary N) is 1. The van der Waals surface area contributed by atoms with E-state index in [0.717, 1.165) is 53.7 Å². The number of likely N-dealkylation sites (tertiary alicyclic amines) is 1. The van der Waals surface area contributed by atoms with Crippen LogP contribution in [0.1, 0.15) is 17.7 Å². The normalized spacial score (nSPS) is 19.6. The summed E-state index contributed by atoms with van der Waals surface area (Å²) < 4.78 is 5.92. The van der Waals surface area contributed by atoms with E-state index in [-0.39, 0.29) is 0 Å². The van der Waals surface area contributed by atoms with E-state index in [1.165, 1.54) is 0 Å². The van der Waals surface area contributed by atoms with Crippen molar-refractivity contribution in [2.75, 3.05) is 13.1 Å². The molecule has 0 radical (unpaired) electrons. The highest BCUT2D eigenvalue weighted by Crippen LogP contribution is 2.27. The third-order valence-corrected chi connectivity index (χ3v) is 4.21. The number of halogens is 1. The summed E-state index contributed by atoms with van der Waals surface area (Å²) in [6.45, 7) is 4.82. The van der Waals surface area contributed by atoms with Gasteiger partial charge in [-0.15, -0.1) is 0 Å². The second-order valence-corrected chi connectivity index (χ2v) is 5.92. The predicted molar refractivity (Wildman–Crippen MR) is 81.8 cm³/mol. The lowest BCUT2D eigenvalue weighted by molar-refractivity contribution is 0.296. The molecular weight excluding hydrogens is 272 g/mol. The van der Waals surface area contributed by atoms with Gasteiger partial charge in [0, 0.05) is 29.7 Å². The maximum atomic E-state index is 6.16. The highest BCUT2D eigenvalue weighted by Gasteiger charge is 2.20. The zero-order valence-corrected chi connectivity index (χ0v) is 12.4. The van der Waals surface area contributed by atoms with Gasteiger partial charge in [0.05, 0.1) is 6.54 Å². The minimum atomic E-state index is 0.306. The van der Waals surface area contributed by atoms with Gasteiger partial charge in [-0.05, 0) is 37.1 Å². The number of aryl methyl sites for hydroxylation is 1. The molecule has 1 saturated heterocycles. The molecule has 0 bridgehead atoms. The van der Waals surface area contributed by atoms with E-state index in [1.54, 1.807) is 0 Å². The smallest absolute Gasteiger partial charge is 0.134 e. The van der Waals surface area contributed by atoms with Crippen molar-refractivity contribution >= 4 is 11.6 Å². The van der Waals surface area contributed by atoms with Crippen molar-refractivity contribution in [1.82, 2.24) is 4.90 Å². The summed E-state index contributed by atoms with van der Waals surface area (Å²) in [5.74, 6) is 1.84. The second kappa shape index (κ2) is 5.60. The van der Waals surface area contributed by atoms with Crippen LogP contribution in [0.4, 0.5) is 0 Å². The average Bonchev–Trinajstić information content (AvgIpc) is 3.03. The van der Waals surface area contributed by atoms with Gasteiger partial charge in [0.15, 0.2) is 0 Å². The molecule has 106 valence electrons. The van der Waals surface area contributed by atoms with Crippen LogP contribution in [-0.2, 0) is 6.54 Å². The first-order valence-corrected chi connectivity index (χ1v) is 7.33. The Morgan fingerprint density at radius 3 is 2.90 bits per heavy atom. The lowest BCUT2D eigenvalue weighted by atomic mass is 10.1. The van der Waals surface area contributed by atoms with Gasteiger partial charge in [0.25, 0.3) is 0 Å². The molecule has 2 N–H and O–H groups in total. The summed E-state index contributed by atoms with van der Waals surface area (Å²) in [6.07, 6.45) is 1.07. The lowest BCUT2D eigenvalue weighted by Gasteiger charge is -2.12. The number of hydrogen-bond donors (Lipinski definition) is 1. The van der Waals surface area contributed by atoms with E-state index in [1.807, 2.05) is 37.3 Å². The van der Waals surface area contributed by atoms with Crippen LogP contribution in [0.5, 0.6) is 0 Å². The fourth-order valence-electron chi connectivity index (χ4n) is 2.59. The van der Waals surface area contributed by atoms with E-state index < -0.39 is 0 Å². The van der Waals surface area contributed by atoms with Gasteiger partial charge in [-0.2, -0.15) is 0 Å². The molecule has 1 aliphatic rings. The lowest BCUT2D eigenvalue weighted by Crippen LogP contribution is -2.26. The minimum absolute atomic E-state index is 0.306. The SMILES string of the molecule is Cc1ccc(-c2ccc(CN3CC[C@H](N)C3)o2)cc1Cl. The molecule has 1 aromatic carbocycles. The number of hydrogen-bond acceptors (Lipinski definition) is 3. The Kier molecular flexibility index (Phi) is 3.83. The molecular formula is C16H19ClN2O. The predicted octanol–water partition coefficient (Wildman–Crippen LogP) is 3.44. The van der Waals surface area contributed by atoms with Crippen LogP contribution in [0.2, 0.25) is 5.02 Å². The summed E-state index contributed by atoms with van der Waals surface area (Å²) in [7, 11) is 0. The first-order chi connectivity index (χ1) is 9.61. The van der Waals surface area contributed by atoms with E-state index in [2.05, 4.69) is 4.90 Å². The van der Waals surface area contributed by atoms with Gasteiger partial charge >= 0.3 is 0 Å². The molecule has 0 aliphatic carbocycles. The second-order valence-electron chi connectivity index (χ2n) is 5.51. The summed E-state index contributed by atoms with van der Waals surface area (Å²) in [5, 5.41) is 0.769. The fourth-order valence-corrected chi connectivity index (χ4v) is 2.77. The number of furan rings is 1. The van der Waals surface area contributed by atoms with E-state index in [4.69, 9.17) is 21.8 Å². The Bertz CT molecular complexity index is 608. The van der Waals surface area contributed by atoms with Crippen molar-refractivity contribution in [1.29, 1.82) is 0 Å². The summed E-state index contributed by atoms with van der Waals surface area (Å²) >= 11 is 6.16. The molecule has 2 aromatic rings. The Balaban J connectivity index is 1.74. The molecule has 4 heteroatoms. The van der Waals surface area contributed by atoms with Crippen LogP contribution in [-0.4, -0.2) is 24.0 Å². The van der Waals surface area contributed by atoms with Crippen molar-refractivity contribution < 1.29 is 4.42 Å². The first-order valence-electron chi connectivity index (χ1n) is 6.95. The number of benzene rings is 1. The Labute approximate surface area is 124 Å². The van der Waals surface area contributed by atoms with Crippen molar-refractivity contribution in [2.45, 2.75) is 25.9 Å². The van der Waals surface area contributed by atoms with Gasteiger partial charge in [-0.25, -0.2) is 0 Å². The van der Waals surface area contributed by atoms with Crippen LogP contribution < -0.4 is 5.73 Å². The number of rotatable bonds is 3. The largest absolute Gasteiger partial charge is 0.460 e. The molecule has 3 nitrogen and oxygen atoms in total. The molecule has 1 aliphatic heterocycles. The molecule has 0 amide bonds. The highest BCUT2D eigenvalue weighted by molar-refractivity contribution is 6.31. The van der Waals surface area contributed by atoms with Crippen LogP contribution in [0.3, 0.4) is 0 Å².